The third-order valence-corrected chi connectivity index (χ3v) is 6.35. The minimum Gasteiger partial charge on any atom is -0.342 e. The number of thioether (sulfide) groups is 1. The van der Waals surface area contributed by atoms with E-state index in [1.807, 2.05) is 41.5 Å². The van der Waals surface area contributed by atoms with Crippen molar-refractivity contribution in [2.45, 2.75) is 37.8 Å². The first-order valence-electron chi connectivity index (χ1n) is 9.38. The number of carbonyl (C=O) groups excluding carboxylic acids is 1. The van der Waals surface area contributed by atoms with E-state index in [0.29, 0.717) is 40.7 Å². The van der Waals surface area contributed by atoms with Gasteiger partial charge in [-0.1, -0.05) is 34.6 Å². The fraction of sp³-hybridized carbons (Fsp3) is 0.421. The topological polar surface area (TPSA) is 89.9 Å². The summed E-state index contributed by atoms with van der Waals surface area (Å²) in [5.41, 5.74) is 1.88. The Balaban J connectivity index is 1.34. The first-order valence-corrected chi connectivity index (χ1v) is 10.7. The van der Waals surface area contributed by atoms with Crippen LogP contribution >= 0.6 is 23.4 Å². The first-order chi connectivity index (χ1) is 14.0. The summed E-state index contributed by atoms with van der Waals surface area (Å²) in [4.78, 5) is 18.9. The summed E-state index contributed by atoms with van der Waals surface area (Å²) >= 11 is 7.61. The van der Waals surface area contributed by atoms with Gasteiger partial charge in [0.05, 0.1) is 11.4 Å². The Morgan fingerprint density at radius 1 is 1.31 bits per heavy atom. The average Bonchev–Trinajstić information content (AvgIpc) is 3.37. The number of nitrogens with zero attached hydrogens (tertiary/aromatic N) is 6. The molecule has 0 aliphatic carbocycles. The van der Waals surface area contributed by atoms with Gasteiger partial charge in [-0.15, -0.1) is 10.2 Å². The summed E-state index contributed by atoms with van der Waals surface area (Å²) in [5, 5.41) is 13.3. The highest BCUT2D eigenvalue weighted by molar-refractivity contribution is 7.99. The number of hydrogen-bond acceptors (Lipinski definition) is 7. The molecule has 2 aromatic heterocycles. The third kappa shape index (κ3) is 4.45. The van der Waals surface area contributed by atoms with Gasteiger partial charge in [-0.2, -0.15) is 4.98 Å². The van der Waals surface area contributed by atoms with Crippen LogP contribution in [0.15, 0.2) is 34.2 Å². The fourth-order valence-corrected chi connectivity index (χ4v) is 4.31. The smallest absolute Gasteiger partial charge is 0.233 e. The molecular weight excluding hydrogens is 412 g/mol. The Morgan fingerprint density at radius 3 is 2.79 bits per heavy atom. The normalized spacial score (nSPS) is 15.1. The zero-order valence-corrected chi connectivity index (χ0v) is 17.8. The molecule has 1 aliphatic rings. The van der Waals surface area contributed by atoms with Crippen molar-refractivity contribution < 1.29 is 9.32 Å². The molecule has 0 saturated carbocycles. The molecule has 0 spiro atoms. The van der Waals surface area contributed by atoms with E-state index in [9.17, 15) is 4.79 Å². The average molecular weight is 433 g/mol. The Bertz CT molecular complexity index is 1010. The largest absolute Gasteiger partial charge is 0.342 e. The lowest BCUT2D eigenvalue weighted by atomic mass is 9.97. The van der Waals surface area contributed by atoms with Crippen molar-refractivity contribution >= 4 is 29.3 Å². The number of aromatic nitrogens is 5. The monoisotopic (exact) mass is 432 g/mol. The Labute approximate surface area is 177 Å². The molecule has 3 aromatic rings. The van der Waals surface area contributed by atoms with Crippen LogP contribution in [0, 0.1) is 13.8 Å². The predicted octanol–water partition coefficient (Wildman–Crippen LogP) is 3.42. The number of hydrogen-bond donors (Lipinski definition) is 0. The maximum atomic E-state index is 12.7. The molecule has 0 N–H and O–H groups in total. The molecule has 1 fully saturated rings. The van der Waals surface area contributed by atoms with Crippen molar-refractivity contribution in [3.63, 3.8) is 0 Å². The minimum atomic E-state index is 0.0895. The molecule has 152 valence electrons. The van der Waals surface area contributed by atoms with E-state index in [1.165, 1.54) is 11.8 Å². The van der Waals surface area contributed by atoms with Crippen molar-refractivity contribution in [2.24, 2.45) is 0 Å². The van der Waals surface area contributed by atoms with Gasteiger partial charge in [0, 0.05) is 24.0 Å². The van der Waals surface area contributed by atoms with Gasteiger partial charge in [0.2, 0.25) is 11.8 Å². The molecule has 1 saturated heterocycles. The van der Waals surface area contributed by atoms with Gasteiger partial charge in [-0.3, -0.25) is 9.36 Å². The summed E-state index contributed by atoms with van der Waals surface area (Å²) in [5.74, 6) is 1.94. The number of amides is 1. The molecule has 4 rings (SSSR count). The highest BCUT2D eigenvalue weighted by Gasteiger charge is 2.27. The summed E-state index contributed by atoms with van der Waals surface area (Å²) in [7, 11) is 0. The fourth-order valence-electron chi connectivity index (χ4n) is 3.30. The number of benzene rings is 1. The van der Waals surface area contributed by atoms with Crippen LogP contribution in [0.2, 0.25) is 5.02 Å². The molecule has 3 heterocycles. The van der Waals surface area contributed by atoms with Crippen molar-refractivity contribution in [3.05, 3.63) is 46.8 Å². The van der Waals surface area contributed by atoms with Crippen LogP contribution in [0.1, 0.15) is 36.0 Å². The molecule has 0 radical (unpaired) electrons. The van der Waals surface area contributed by atoms with Crippen LogP contribution in [0.3, 0.4) is 0 Å². The maximum Gasteiger partial charge on any atom is 0.233 e. The van der Waals surface area contributed by atoms with Crippen LogP contribution in [-0.2, 0) is 4.79 Å². The lowest BCUT2D eigenvalue weighted by molar-refractivity contribution is -0.129. The molecule has 10 heteroatoms. The van der Waals surface area contributed by atoms with Gasteiger partial charge in [0.25, 0.3) is 0 Å². The Morgan fingerprint density at radius 2 is 2.10 bits per heavy atom. The van der Waals surface area contributed by atoms with Crippen molar-refractivity contribution in [1.29, 1.82) is 0 Å². The quantitative estimate of drug-likeness (QED) is 0.570. The Kier molecular flexibility index (Phi) is 5.86. The minimum absolute atomic E-state index is 0.0895. The maximum absolute atomic E-state index is 12.7. The second kappa shape index (κ2) is 8.54. The lowest BCUT2D eigenvalue weighted by Crippen LogP contribution is -2.39. The molecule has 0 bridgehead atoms. The molecule has 1 aliphatic heterocycles. The highest BCUT2D eigenvalue weighted by atomic mass is 35.5. The van der Waals surface area contributed by atoms with E-state index in [2.05, 4.69) is 20.3 Å². The van der Waals surface area contributed by atoms with Gasteiger partial charge in [0.1, 0.15) is 6.33 Å². The zero-order chi connectivity index (χ0) is 20.4. The molecule has 29 heavy (non-hydrogen) atoms. The van der Waals surface area contributed by atoms with Gasteiger partial charge >= 0.3 is 0 Å². The van der Waals surface area contributed by atoms with Crippen molar-refractivity contribution in [2.75, 3.05) is 18.8 Å². The lowest BCUT2D eigenvalue weighted by Gasteiger charge is -2.30. The number of aryl methyl sites for hydroxylation is 2. The predicted molar refractivity (Wildman–Crippen MR) is 109 cm³/mol. The molecule has 0 atom stereocenters. The van der Waals surface area contributed by atoms with E-state index in [4.69, 9.17) is 16.1 Å². The summed E-state index contributed by atoms with van der Waals surface area (Å²) < 4.78 is 7.11. The van der Waals surface area contributed by atoms with Gasteiger partial charge in [-0.05, 0) is 44.4 Å². The van der Waals surface area contributed by atoms with E-state index in [0.717, 1.165) is 24.1 Å². The zero-order valence-electron chi connectivity index (χ0n) is 16.2. The molecule has 0 unspecified atom stereocenters. The number of carbonyl (C=O) groups is 1. The summed E-state index contributed by atoms with van der Waals surface area (Å²) in [6, 6.07) is 5.78. The van der Waals surface area contributed by atoms with Crippen LogP contribution in [-0.4, -0.2) is 54.6 Å². The van der Waals surface area contributed by atoms with Gasteiger partial charge in [-0.25, -0.2) is 0 Å². The molecule has 1 aromatic carbocycles. The van der Waals surface area contributed by atoms with Gasteiger partial charge in [0.15, 0.2) is 11.0 Å². The number of piperidine rings is 1. The van der Waals surface area contributed by atoms with Crippen molar-refractivity contribution in [1.82, 2.24) is 29.8 Å². The van der Waals surface area contributed by atoms with E-state index in [-0.39, 0.29) is 11.8 Å². The van der Waals surface area contributed by atoms with E-state index in [1.54, 1.807) is 6.33 Å². The SMILES string of the molecule is Cc1noc(C2CCN(C(=O)CSc3nncn3-c3ccc(C)c(Cl)c3)CC2)n1. The number of rotatable bonds is 5. The first kappa shape index (κ1) is 19.9. The van der Waals surface area contributed by atoms with Crippen LogP contribution < -0.4 is 0 Å². The van der Waals surface area contributed by atoms with Crippen LogP contribution in [0.4, 0.5) is 0 Å². The summed E-state index contributed by atoms with van der Waals surface area (Å²) in [6.45, 7) is 5.14. The standard InChI is InChI=1S/C19H21ClN6O2S/c1-12-3-4-15(9-16(12)20)26-11-21-23-19(26)29-10-17(27)25-7-5-14(6-8-25)18-22-13(2)24-28-18/h3-4,9,11,14H,5-8,10H2,1-2H3. The number of halogens is 1. The number of likely N-dealkylation sites (tertiary alicyclic amines) is 1. The van der Waals surface area contributed by atoms with Gasteiger partial charge < -0.3 is 9.42 Å². The van der Waals surface area contributed by atoms with Crippen LogP contribution in [0.25, 0.3) is 5.69 Å². The van der Waals surface area contributed by atoms with E-state index >= 15 is 0 Å². The second-order valence-electron chi connectivity index (χ2n) is 7.04. The molecule has 1 amide bonds. The second-order valence-corrected chi connectivity index (χ2v) is 8.39. The Hall–Kier alpha value is -2.39. The molecule has 8 nitrogen and oxygen atoms in total. The summed E-state index contributed by atoms with van der Waals surface area (Å²) in [6.07, 6.45) is 3.29. The van der Waals surface area contributed by atoms with E-state index < -0.39 is 0 Å². The molecular formula is C19H21ClN6O2S. The highest BCUT2D eigenvalue weighted by Crippen LogP contribution is 2.28. The van der Waals surface area contributed by atoms with Crippen molar-refractivity contribution in [3.8, 4) is 5.69 Å². The van der Waals surface area contributed by atoms with Crippen LogP contribution in [0.5, 0.6) is 0 Å². The third-order valence-electron chi connectivity index (χ3n) is 5.01.